The van der Waals surface area contributed by atoms with Gasteiger partial charge in [0, 0.05) is 25.5 Å². The number of sulfonamides is 1. The van der Waals surface area contributed by atoms with Gasteiger partial charge in [0.15, 0.2) is 0 Å². The van der Waals surface area contributed by atoms with E-state index in [0.29, 0.717) is 23.7 Å². The summed E-state index contributed by atoms with van der Waals surface area (Å²) >= 11 is 0. The maximum atomic E-state index is 12.8. The molecule has 20 heavy (non-hydrogen) atoms. The van der Waals surface area contributed by atoms with E-state index in [1.165, 1.54) is 21.4 Å². The largest absolute Gasteiger partial charge is 0.489 e. The zero-order chi connectivity index (χ0) is 14.3. The van der Waals surface area contributed by atoms with Gasteiger partial charge in [-0.05, 0) is 6.92 Å². The van der Waals surface area contributed by atoms with Gasteiger partial charge in [-0.25, -0.2) is 8.42 Å². The maximum Gasteiger partial charge on any atom is 0.268 e. The Morgan fingerprint density at radius 2 is 2.20 bits per heavy atom. The molecule has 7 nitrogen and oxygen atoms in total. The Bertz CT molecular complexity index is 754. The van der Waals surface area contributed by atoms with Crippen LogP contribution in [0.15, 0.2) is 29.6 Å². The number of hydrogen-bond donors (Lipinski definition) is 0. The highest BCUT2D eigenvalue weighted by Crippen LogP contribution is 2.34. The van der Waals surface area contributed by atoms with Crippen LogP contribution in [0.2, 0.25) is 0 Å². The van der Waals surface area contributed by atoms with E-state index >= 15 is 0 Å². The SMILES string of the molecule is Cc1nn(C)cc1S(=O)(=O)N1CCOc2ccncc21. The van der Waals surface area contributed by atoms with Gasteiger partial charge in [0.25, 0.3) is 10.0 Å². The molecule has 3 rings (SSSR count). The van der Waals surface area contributed by atoms with Crippen molar-refractivity contribution in [2.24, 2.45) is 7.05 Å². The predicted octanol–water partition coefficient (Wildman–Crippen LogP) is 0.711. The fourth-order valence-corrected chi connectivity index (χ4v) is 3.89. The van der Waals surface area contributed by atoms with Crippen LogP contribution in [-0.2, 0) is 17.1 Å². The lowest BCUT2D eigenvalue weighted by Gasteiger charge is -2.29. The third kappa shape index (κ3) is 1.92. The molecule has 0 radical (unpaired) electrons. The van der Waals surface area contributed by atoms with Crippen LogP contribution in [0.5, 0.6) is 5.75 Å². The maximum absolute atomic E-state index is 12.8. The number of fused-ring (bicyclic) bond motifs is 1. The number of ether oxygens (including phenoxy) is 1. The highest BCUT2D eigenvalue weighted by Gasteiger charge is 2.32. The number of rotatable bonds is 2. The Morgan fingerprint density at radius 3 is 2.90 bits per heavy atom. The van der Waals surface area contributed by atoms with Crippen molar-refractivity contribution in [2.45, 2.75) is 11.8 Å². The van der Waals surface area contributed by atoms with Gasteiger partial charge < -0.3 is 4.74 Å². The molecule has 0 amide bonds. The molecule has 0 saturated carbocycles. The number of aryl methyl sites for hydroxylation is 2. The smallest absolute Gasteiger partial charge is 0.268 e. The summed E-state index contributed by atoms with van der Waals surface area (Å²) in [6, 6.07) is 1.66. The monoisotopic (exact) mass is 294 g/mol. The molecule has 0 unspecified atom stereocenters. The van der Waals surface area contributed by atoms with Crippen molar-refractivity contribution in [3.63, 3.8) is 0 Å². The third-order valence-electron chi connectivity index (χ3n) is 3.12. The van der Waals surface area contributed by atoms with Gasteiger partial charge in [-0.3, -0.25) is 14.0 Å². The van der Waals surface area contributed by atoms with Crippen LogP contribution in [0.4, 0.5) is 5.69 Å². The molecule has 0 N–H and O–H groups in total. The van der Waals surface area contributed by atoms with Gasteiger partial charge in [0.05, 0.1) is 18.4 Å². The summed E-state index contributed by atoms with van der Waals surface area (Å²) in [6.07, 6.45) is 4.58. The Morgan fingerprint density at radius 1 is 1.40 bits per heavy atom. The van der Waals surface area contributed by atoms with Crippen LogP contribution < -0.4 is 9.04 Å². The lowest BCUT2D eigenvalue weighted by molar-refractivity contribution is 0.315. The number of pyridine rings is 1. The Kier molecular flexibility index (Phi) is 2.89. The minimum atomic E-state index is -3.66. The van der Waals surface area contributed by atoms with E-state index in [-0.39, 0.29) is 11.4 Å². The fourth-order valence-electron chi connectivity index (χ4n) is 2.24. The topological polar surface area (TPSA) is 77.3 Å². The van der Waals surface area contributed by atoms with Gasteiger partial charge in [0.2, 0.25) is 0 Å². The van der Waals surface area contributed by atoms with Crippen LogP contribution in [0.25, 0.3) is 0 Å². The van der Waals surface area contributed by atoms with Crippen molar-refractivity contribution in [3.05, 3.63) is 30.4 Å². The van der Waals surface area contributed by atoms with E-state index in [9.17, 15) is 8.42 Å². The van der Waals surface area contributed by atoms with Gasteiger partial charge in [-0.1, -0.05) is 0 Å². The highest BCUT2D eigenvalue weighted by atomic mass is 32.2. The van der Waals surface area contributed by atoms with Crippen LogP contribution in [0, 0.1) is 6.92 Å². The molecule has 0 bridgehead atoms. The van der Waals surface area contributed by atoms with Gasteiger partial charge >= 0.3 is 0 Å². The first-order valence-electron chi connectivity index (χ1n) is 6.10. The van der Waals surface area contributed by atoms with Crippen molar-refractivity contribution in [2.75, 3.05) is 17.5 Å². The van der Waals surface area contributed by atoms with Crippen molar-refractivity contribution in [1.82, 2.24) is 14.8 Å². The molecule has 0 saturated heterocycles. The second kappa shape index (κ2) is 4.48. The lowest BCUT2D eigenvalue weighted by atomic mass is 10.3. The van der Waals surface area contributed by atoms with Crippen LogP contribution >= 0.6 is 0 Å². The number of aromatic nitrogens is 3. The molecule has 1 aliphatic rings. The lowest BCUT2D eigenvalue weighted by Crippen LogP contribution is -2.38. The minimum Gasteiger partial charge on any atom is -0.489 e. The summed E-state index contributed by atoms with van der Waals surface area (Å²) in [6.45, 7) is 2.25. The fraction of sp³-hybridized carbons (Fsp3) is 0.333. The average Bonchev–Trinajstić information content (AvgIpc) is 2.78. The van der Waals surface area contributed by atoms with Crippen molar-refractivity contribution in [3.8, 4) is 5.75 Å². The van der Waals surface area contributed by atoms with E-state index < -0.39 is 10.0 Å². The van der Waals surface area contributed by atoms with Crippen molar-refractivity contribution < 1.29 is 13.2 Å². The number of anilines is 1. The minimum absolute atomic E-state index is 0.205. The molecule has 0 aliphatic carbocycles. The summed E-state index contributed by atoms with van der Waals surface area (Å²) in [5.74, 6) is 0.524. The molecule has 0 fully saturated rings. The molecule has 8 heteroatoms. The van der Waals surface area contributed by atoms with E-state index in [1.807, 2.05) is 0 Å². The predicted molar refractivity (Wildman–Crippen MR) is 72.2 cm³/mol. The number of hydrogen-bond acceptors (Lipinski definition) is 5. The normalized spacial score (nSPS) is 14.8. The molecular weight excluding hydrogens is 280 g/mol. The first-order valence-corrected chi connectivity index (χ1v) is 7.54. The summed E-state index contributed by atoms with van der Waals surface area (Å²) in [5, 5.41) is 4.09. The van der Waals surface area contributed by atoms with E-state index in [1.54, 1.807) is 26.2 Å². The molecule has 3 heterocycles. The van der Waals surface area contributed by atoms with E-state index in [4.69, 9.17) is 4.74 Å². The quantitative estimate of drug-likeness (QED) is 0.815. The molecular formula is C12H14N4O3S. The summed E-state index contributed by atoms with van der Waals surface area (Å²) in [4.78, 5) is 4.18. The zero-order valence-corrected chi connectivity index (χ0v) is 12.0. The summed E-state index contributed by atoms with van der Waals surface area (Å²) < 4.78 is 33.8. The Hall–Kier alpha value is -2.09. The Labute approximate surface area is 116 Å². The number of nitrogens with zero attached hydrogens (tertiary/aromatic N) is 4. The second-order valence-electron chi connectivity index (χ2n) is 4.52. The first-order chi connectivity index (χ1) is 9.50. The summed E-state index contributed by atoms with van der Waals surface area (Å²) in [5.41, 5.74) is 0.937. The van der Waals surface area contributed by atoms with Crippen molar-refractivity contribution in [1.29, 1.82) is 0 Å². The van der Waals surface area contributed by atoms with Gasteiger partial charge in [-0.2, -0.15) is 5.10 Å². The van der Waals surface area contributed by atoms with E-state index in [2.05, 4.69) is 10.1 Å². The summed E-state index contributed by atoms with van der Waals surface area (Å²) in [7, 11) is -1.96. The van der Waals surface area contributed by atoms with Crippen LogP contribution in [0.1, 0.15) is 5.69 Å². The molecule has 2 aromatic rings. The zero-order valence-electron chi connectivity index (χ0n) is 11.1. The Balaban J connectivity index is 2.12. The molecule has 106 valence electrons. The standard InChI is InChI=1S/C12H14N4O3S/c1-9-12(8-15(2)14-9)20(17,18)16-5-6-19-11-3-4-13-7-10(11)16/h3-4,7-8H,5-6H2,1-2H3. The molecule has 1 aliphatic heterocycles. The second-order valence-corrected chi connectivity index (χ2v) is 6.35. The third-order valence-corrected chi connectivity index (χ3v) is 5.03. The molecule has 0 atom stereocenters. The van der Waals surface area contributed by atoms with E-state index in [0.717, 1.165) is 0 Å². The highest BCUT2D eigenvalue weighted by molar-refractivity contribution is 7.92. The molecule has 0 aromatic carbocycles. The van der Waals surface area contributed by atoms with Gasteiger partial charge in [-0.15, -0.1) is 0 Å². The van der Waals surface area contributed by atoms with Crippen LogP contribution in [0.3, 0.4) is 0 Å². The molecule has 0 spiro atoms. The molecule has 2 aromatic heterocycles. The average molecular weight is 294 g/mol. The van der Waals surface area contributed by atoms with Crippen LogP contribution in [-0.4, -0.2) is 36.3 Å². The van der Waals surface area contributed by atoms with Gasteiger partial charge in [0.1, 0.15) is 22.9 Å². The first kappa shape index (κ1) is 12.9. The van der Waals surface area contributed by atoms with Crippen molar-refractivity contribution >= 4 is 15.7 Å².